The zero-order valence-electron chi connectivity index (χ0n) is 22.9. The molecule has 0 aliphatic heterocycles. The quantitative estimate of drug-likeness (QED) is 0.221. The Kier molecular flexibility index (Phi) is 6.06. The summed E-state index contributed by atoms with van der Waals surface area (Å²) in [5, 5.41) is 0. The molecule has 0 atom stereocenters. The Balaban J connectivity index is 1.63. The third kappa shape index (κ3) is 4.03. The molecule has 0 unspecified atom stereocenters. The molecule has 7 rings (SSSR count). The second-order valence-electron chi connectivity index (χ2n) is 10.7. The zero-order valence-corrected chi connectivity index (χ0v) is 22.9. The van der Waals surface area contributed by atoms with Gasteiger partial charge >= 0.3 is 0 Å². The van der Waals surface area contributed by atoms with Crippen LogP contribution in [0, 0.1) is 0 Å². The summed E-state index contributed by atoms with van der Waals surface area (Å²) >= 11 is 0. The van der Waals surface area contributed by atoms with Crippen molar-refractivity contribution in [1.82, 2.24) is 0 Å². The van der Waals surface area contributed by atoms with Crippen LogP contribution in [0.15, 0.2) is 140 Å². The minimum absolute atomic E-state index is 0.930. The molecule has 0 saturated heterocycles. The number of anilines is 1. The molecule has 0 amide bonds. The fraction of sp³-hybridized carbons (Fsp3) is 0.0769. The Morgan fingerprint density at radius 3 is 1.68 bits per heavy atom. The number of hydrogen-bond donors (Lipinski definition) is 0. The fourth-order valence-corrected chi connectivity index (χ4v) is 6.35. The van der Waals surface area contributed by atoms with E-state index in [1.54, 1.807) is 0 Å². The Morgan fingerprint density at radius 1 is 0.425 bits per heavy atom. The van der Waals surface area contributed by atoms with Crippen molar-refractivity contribution >= 4 is 5.69 Å². The van der Waals surface area contributed by atoms with E-state index in [2.05, 4.69) is 159 Å². The summed E-state index contributed by atoms with van der Waals surface area (Å²) in [5.41, 5.74) is 16.9. The molecule has 6 aromatic carbocycles. The van der Waals surface area contributed by atoms with Gasteiger partial charge in [0, 0.05) is 25.3 Å². The van der Waals surface area contributed by atoms with Crippen molar-refractivity contribution in [2.24, 2.45) is 0 Å². The number of rotatable bonds is 5. The molecular weight excluding hydrogens is 482 g/mol. The van der Waals surface area contributed by atoms with E-state index < -0.39 is 0 Å². The van der Waals surface area contributed by atoms with Crippen LogP contribution in [0.25, 0.3) is 55.6 Å². The van der Waals surface area contributed by atoms with Gasteiger partial charge in [0.2, 0.25) is 0 Å². The summed E-state index contributed by atoms with van der Waals surface area (Å²) in [4.78, 5) is 2.21. The molecule has 0 aromatic heterocycles. The normalized spacial score (nSPS) is 11.7. The number of para-hydroxylation sites is 1. The second kappa shape index (κ2) is 10.0. The van der Waals surface area contributed by atoms with Crippen molar-refractivity contribution in [3.8, 4) is 55.6 Å². The molecule has 0 spiro atoms. The summed E-state index contributed by atoms with van der Waals surface area (Å²) in [7, 11) is 4.25. The average Bonchev–Trinajstić information content (AvgIpc) is 3.39. The van der Waals surface area contributed by atoms with Crippen LogP contribution in [-0.2, 0) is 6.42 Å². The molecule has 1 aliphatic carbocycles. The highest BCUT2D eigenvalue weighted by Crippen LogP contribution is 2.52. The lowest BCUT2D eigenvalue weighted by Crippen LogP contribution is -2.10. The summed E-state index contributed by atoms with van der Waals surface area (Å²) in [6, 6.07) is 50.9. The maximum absolute atomic E-state index is 2.44. The van der Waals surface area contributed by atoms with Crippen LogP contribution in [0.4, 0.5) is 5.69 Å². The largest absolute Gasteiger partial charge is 0.377 e. The van der Waals surface area contributed by atoms with Gasteiger partial charge in [-0.2, -0.15) is 0 Å². The molecule has 6 aromatic rings. The van der Waals surface area contributed by atoms with Crippen LogP contribution in [0.1, 0.15) is 11.1 Å². The van der Waals surface area contributed by atoms with Gasteiger partial charge in [0.1, 0.15) is 0 Å². The van der Waals surface area contributed by atoms with Gasteiger partial charge in [-0.05, 0) is 79.8 Å². The Morgan fingerprint density at radius 2 is 0.975 bits per heavy atom. The highest BCUT2D eigenvalue weighted by Gasteiger charge is 2.28. The van der Waals surface area contributed by atoms with Crippen molar-refractivity contribution < 1.29 is 0 Å². The zero-order chi connectivity index (χ0) is 27.1. The van der Waals surface area contributed by atoms with Crippen LogP contribution in [-0.4, -0.2) is 14.1 Å². The van der Waals surface area contributed by atoms with Gasteiger partial charge in [-0.25, -0.2) is 0 Å². The molecular formula is C39H31N. The molecule has 0 heterocycles. The van der Waals surface area contributed by atoms with Crippen molar-refractivity contribution in [3.63, 3.8) is 0 Å². The summed E-state index contributed by atoms with van der Waals surface area (Å²) in [6.45, 7) is 0. The molecule has 0 saturated carbocycles. The molecule has 1 nitrogen and oxygen atoms in total. The van der Waals surface area contributed by atoms with Crippen molar-refractivity contribution in [1.29, 1.82) is 0 Å². The van der Waals surface area contributed by atoms with Gasteiger partial charge in [0.15, 0.2) is 0 Å². The van der Waals surface area contributed by atoms with E-state index in [0.717, 1.165) is 6.42 Å². The van der Waals surface area contributed by atoms with Crippen LogP contribution in [0.5, 0.6) is 0 Å². The SMILES string of the molecule is CN(C)c1ccccc1-c1ccccc1-c1c2c(cc(-c3ccccc3)c1-c1ccccc1)-c1ccccc1C2. The summed E-state index contributed by atoms with van der Waals surface area (Å²) in [5.74, 6) is 0. The molecule has 1 aliphatic rings. The van der Waals surface area contributed by atoms with Crippen molar-refractivity contribution in [2.75, 3.05) is 19.0 Å². The fourth-order valence-electron chi connectivity index (χ4n) is 6.35. The highest BCUT2D eigenvalue weighted by atomic mass is 15.1. The number of nitrogens with zero attached hydrogens (tertiary/aromatic N) is 1. The minimum atomic E-state index is 0.930. The molecule has 192 valence electrons. The predicted molar refractivity (Wildman–Crippen MR) is 171 cm³/mol. The first-order chi connectivity index (χ1) is 19.7. The molecule has 0 bridgehead atoms. The van der Waals surface area contributed by atoms with Gasteiger partial charge in [-0.1, -0.05) is 127 Å². The lowest BCUT2D eigenvalue weighted by molar-refractivity contribution is 1.13. The van der Waals surface area contributed by atoms with E-state index in [-0.39, 0.29) is 0 Å². The predicted octanol–water partition coefficient (Wildman–Crippen LogP) is 9.99. The monoisotopic (exact) mass is 513 g/mol. The van der Waals surface area contributed by atoms with E-state index in [0.29, 0.717) is 0 Å². The molecule has 1 heteroatoms. The highest BCUT2D eigenvalue weighted by molar-refractivity contribution is 6.05. The first-order valence-electron chi connectivity index (χ1n) is 14.0. The first-order valence-corrected chi connectivity index (χ1v) is 14.0. The Hall–Kier alpha value is -4.88. The van der Waals surface area contributed by atoms with E-state index >= 15 is 0 Å². The van der Waals surface area contributed by atoms with Gasteiger partial charge in [-0.3, -0.25) is 0 Å². The van der Waals surface area contributed by atoms with Crippen LogP contribution in [0.2, 0.25) is 0 Å². The standard InChI is InChI=1S/C39H31N/c1-40(2)37-24-14-13-22-32(37)31-21-11-12-23-33(31)39-36-25-29-19-9-10-20-30(29)35(36)26-34(27-15-5-3-6-16-27)38(39)28-17-7-4-8-18-28/h3-24,26H,25H2,1-2H3. The van der Waals surface area contributed by atoms with E-state index in [9.17, 15) is 0 Å². The van der Waals surface area contributed by atoms with E-state index in [4.69, 9.17) is 0 Å². The maximum Gasteiger partial charge on any atom is 0.0440 e. The van der Waals surface area contributed by atoms with Crippen LogP contribution >= 0.6 is 0 Å². The van der Waals surface area contributed by atoms with Gasteiger partial charge in [-0.15, -0.1) is 0 Å². The smallest absolute Gasteiger partial charge is 0.0440 e. The number of fused-ring (bicyclic) bond motifs is 3. The summed E-state index contributed by atoms with van der Waals surface area (Å²) < 4.78 is 0. The first kappa shape index (κ1) is 24.2. The lowest BCUT2D eigenvalue weighted by Gasteiger charge is -2.24. The number of hydrogen-bond acceptors (Lipinski definition) is 1. The molecule has 0 fully saturated rings. The van der Waals surface area contributed by atoms with Crippen molar-refractivity contribution in [3.05, 3.63) is 151 Å². The van der Waals surface area contributed by atoms with Gasteiger partial charge in [0.25, 0.3) is 0 Å². The minimum Gasteiger partial charge on any atom is -0.377 e. The third-order valence-corrected chi connectivity index (χ3v) is 8.13. The molecule has 0 radical (unpaired) electrons. The lowest BCUT2D eigenvalue weighted by atomic mass is 9.80. The van der Waals surface area contributed by atoms with Crippen molar-refractivity contribution in [2.45, 2.75) is 6.42 Å². The van der Waals surface area contributed by atoms with E-state index in [1.165, 1.54) is 72.4 Å². The number of benzene rings is 6. The average molecular weight is 514 g/mol. The molecule has 40 heavy (non-hydrogen) atoms. The van der Waals surface area contributed by atoms with Gasteiger partial charge in [0.05, 0.1) is 0 Å². The van der Waals surface area contributed by atoms with E-state index in [1.807, 2.05) is 0 Å². The van der Waals surface area contributed by atoms with Crippen LogP contribution < -0.4 is 4.90 Å². The summed E-state index contributed by atoms with van der Waals surface area (Å²) in [6.07, 6.45) is 0.930. The Labute approximate surface area is 237 Å². The molecule has 0 N–H and O–H groups in total. The Bertz CT molecular complexity index is 1830. The van der Waals surface area contributed by atoms with Gasteiger partial charge < -0.3 is 4.90 Å². The third-order valence-electron chi connectivity index (χ3n) is 8.13. The topological polar surface area (TPSA) is 3.24 Å². The second-order valence-corrected chi connectivity index (χ2v) is 10.7. The maximum atomic E-state index is 2.44. The van der Waals surface area contributed by atoms with Crippen LogP contribution in [0.3, 0.4) is 0 Å².